The van der Waals surface area contributed by atoms with Gasteiger partial charge in [0.05, 0.1) is 23.5 Å². The second-order valence-corrected chi connectivity index (χ2v) is 9.97. The minimum atomic E-state index is -0.0378. The summed E-state index contributed by atoms with van der Waals surface area (Å²) in [5, 5.41) is 7.85. The molecule has 3 fully saturated rings. The molecule has 1 N–H and O–H groups in total. The van der Waals surface area contributed by atoms with Gasteiger partial charge in [-0.2, -0.15) is 5.10 Å². The van der Waals surface area contributed by atoms with Crippen LogP contribution in [-0.4, -0.2) is 58.8 Å². The van der Waals surface area contributed by atoms with Crippen LogP contribution in [0, 0.1) is 11.3 Å². The third-order valence-corrected chi connectivity index (χ3v) is 7.71. The van der Waals surface area contributed by atoms with Gasteiger partial charge >= 0.3 is 0 Å². The van der Waals surface area contributed by atoms with E-state index in [1.54, 1.807) is 0 Å². The molecule has 30 heavy (non-hydrogen) atoms. The Labute approximate surface area is 177 Å². The van der Waals surface area contributed by atoms with Gasteiger partial charge in [-0.15, -0.1) is 0 Å². The van der Waals surface area contributed by atoms with E-state index in [-0.39, 0.29) is 5.91 Å². The van der Waals surface area contributed by atoms with Crippen molar-refractivity contribution in [3.8, 4) is 5.69 Å². The highest BCUT2D eigenvalue weighted by Crippen LogP contribution is 2.43. The highest BCUT2D eigenvalue weighted by Gasteiger charge is 2.43. The standard InChI is InChI=1S/C23H30N6O/c1-15(16-3-4-16)17-11-19(21-18(25-17)12-24-22(21)30)29-8-5-20(26-29)28-9-6-23(7-10-28)13-27(2)14-23/h5,8,11,15-16H,3-4,6-7,9-10,12-14H2,1-2H3,(H,24,30). The van der Waals surface area contributed by atoms with E-state index in [9.17, 15) is 4.79 Å². The lowest BCUT2D eigenvalue weighted by atomic mass is 9.72. The first-order valence-corrected chi connectivity index (χ1v) is 11.3. The zero-order chi connectivity index (χ0) is 20.5. The van der Waals surface area contributed by atoms with Crippen LogP contribution in [0.25, 0.3) is 5.69 Å². The number of nitrogens with zero attached hydrogens (tertiary/aromatic N) is 5. The smallest absolute Gasteiger partial charge is 0.255 e. The van der Waals surface area contributed by atoms with E-state index in [0.717, 1.165) is 41.9 Å². The van der Waals surface area contributed by atoms with Crippen molar-refractivity contribution in [2.45, 2.75) is 45.1 Å². The van der Waals surface area contributed by atoms with Crippen molar-refractivity contribution in [2.24, 2.45) is 11.3 Å². The number of carbonyl (C=O) groups excluding carboxylic acids is 1. The first kappa shape index (κ1) is 18.4. The number of hydrogen-bond donors (Lipinski definition) is 1. The molecular formula is C23H30N6O. The lowest BCUT2D eigenvalue weighted by molar-refractivity contribution is 0.00121. The Morgan fingerprint density at radius 2 is 2.00 bits per heavy atom. The van der Waals surface area contributed by atoms with Crippen LogP contribution in [0.3, 0.4) is 0 Å². The lowest BCUT2D eigenvalue weighted by Gasteiger charge is -2.53. The summed E-state index contributed by atoms with van der Waals surface area (Å²) < 4.78 is 1.89. The van der Waals surface area contributed by atoms with Crippen molar-refractivity contribution in [3.05, 3.63) is 35.3 Å². The van der Waals surface area contributed by atoms with Crippen molar-refractivity contribution in [1.29, 1.82) is 0 Å². The first-order valence-electron chi connectivity index (χ1n) is 11.3. The van der Waals surface area contributed by atoms with Crippen LogP contribution in [-0.2, 0) is 6.54 Å². The van der Waals surface area contributed by atoms with Crippen LogP contribution in [0.2, 0.25) is 0 Å². The summed E-state index contributed by atoms with van der Waals surface area (Å²) in [6, 6.07) is 4.19. The number of carbonyl (C=O) groups is 1. The van der Waals surface area contributed by atoms with Crippen molar-refractivity contribution >= 4 is 11.7 Å². The van der Waals surface area contributed by atoms with Gasteiger partial charge in [0.25, 0.3) is 5.91 Å². The molecule has 1 saturated carbocycles. The van der Waals surface area contributed by atoms with Crippen LogP contribution >= 0.6 is 0 Å². The maximum Gasteiger partial charge on any atom is 0.255 e. The van der Waals surface area contributed by atoms with Gasteiger partial charge in [0.1, 0.15) is 0 Å². The zero-order valence-electron chi connectivity index (χ0n) is 17.9. The Kier molecular flexibility index (Phi) is 4.01. The molecule has 1 spiro atoms. The minimum Gasteiger partial charge on any atom is -0.355 e. The van der Waals surface area contributed by atoms with Gasteiger partial charge in [0, 0.05) is 50.1 Å². The number of anilines is 1. The van der Waals surface area contributed by atoms with Crippen molar-refractivity contribution < 1.29 is 4.79 Å². The number of aromatic nitrogens is 3. The van der Waals surface area contributed by atoms with Gasteiger partial charge in [-0.1, -0.05) is 6.92 Å². The monoisotopic (exact) mass is 406 g/mol. The molecule has 4 aliphatic rings. The molecule has 7 heteroatoms. The molecule has 6 rings (SSSR count). The van der Waals surface area contributed by atoms with Crippen LogP contribution in [0.15, 0.2) is 18.3 Å². The SMILES string of the molecule is CC(c1cc(-n2ccc(N3CCC4(CC3)CN(C)C4)n2)c2c(n1)CNC2=O)C1CC1. The van der Waals surface area contributed by atoms with E-state index >= 15 is 0 Å². The molecule has 1 amide bonds. The number of fused-ring (bicyclic) bond motifs is 1. The van der Waals surface area contributed by atoms with Gasteiger partial charge in [-0.3, -0.25) is 9.78 Å². The van der Waals surface area contributed by atoms with Gasteiger partial charge in [-0.25, -0.2) is 4.68 Å². The van der Waals surface area contributed by atoms with E-state index < -0.39 is 0 Å². The van der Waals surface area contributed by atoms with E-state index in [2.05, 4.69) is 41.2 Å². The molecule has 1 aliphatic carbocycles. The molecule has 5 heterocycles. The summed E-state index contributed by atoms with van der Waals surface area (Å²) in [7, 11) is 2.21. The lowest BCUT2D eigenvalue weighted by Crippen LogP contribution is -2.58. The molecule has 0 aromatic carbocycles. The molecule has 2 aromatic rings. The molecule has 2 saturated heterocycles. The van der Waals surface area contributed by atoms with Crippen LogP contribution < -0.4 is 10.2 Å². The summed E-state index contributed by atoms with van der Waals surface area (Å²) in [6.45, 7) is 7.36. The van der Waals surface area contributed by atoms with Crippen molar-refractivity contribution in [3.63, 3.8) is 0 Å². The van der Waals surface area contributed by atoms with Gasteiger partial charge in [0.2, 0.25) is 0 Å². The topological polar surface area (TPSA) is 66.3 Å². The minimum absolute atomic E-state index is 0.0378. The fourth-order valence-electron chi connectivity index (χ4n) is 5.73. The third-order valence-electron chi connectivity index (χ3n) is 7.71. The summed E-state index contributed by atoms with van der Waals surface area (Å²) in [6.07, 6.45) is 7.04. The molecular weight excluding hydrogens is 376 g/mol. The Morgan fingerprint density at radius 3 is 2.70 bits per heavy atom. The molecule has 3 aliphatic heterocycles. The van der Waals surface area contributed by atoms with E-state index in [4.69, 9.17) is 10.1 Å². The highest BCUT2D eigenvalue weighted by atomic mass is 16.2. The van der Waals surface area contributed by atoms with Crippen LogP contribution in [0.1, 0.15) is 60.3 Å². The number of likely N-dealkylation sites (tertiary alicyclic amines) is 1. The Bertz CT molecular complexity index is 993. The molecule has 0 bridgehead atoms. The molecule has 158 valence electrons. The Hall–Kier alpha value is -2.41. The van der Waals surface area contributed by atoms with Gasteiger partial charge in [0.15, 0.2) is 5.82 Å². The average Bonchev–Trinajstić information content (AvgIpc) is 3.34. The summed E-state index contributed by atoms with van der Waals surface area (Å²) >= 11 is 0. The molecule has 1 atom stereocenters. The zero-order valence-corrected chi connectivity index (χ0v) is 17.9. The largest absolute Gasteiger partial charge is 0.355 e. The van der Waals surface area contributed by atoms with Gasteiger partial charge in [-0.05, 0) is 50.1 Å². The van der Waals surface area contributed by atoms with Crippen LogP contribution in [0.5, 0.6) is 0 Å². The summed E-state index contributed by atoms with van der Waals surface area (Å²) in [4.78, 5) is 22.2. The second kappa shape index (κ2) is 6.54. The van der Waals surface area contributed by atoms with Crippen molar-refractivity contribution in [2.75, 3.05) is 38.1 Å². The van der Waals surface area contributed by atoms with Crippen LogP contribution in [0.4, 0.5) is 5.82 Å². The first-order chi connectivity index (χ1) is 14.5. The number of amides is 1. The summed E-state index contributed by atoms with van der Waals surface area (Å²) in [5.74, 6) is 2.13. The normalized spacial score (nSPS) is 23.9. The molecule has 7 nitrogen and oxygen atoms in total. The predicted molar refractivity (Wildman–Crippen MR) is 115 cm³/mol. The molecule has 2 aromatic heterocycles. The number of pyridine rings is 1. The fraction of sp³-hybridized carbons (Fsp3) is 0.609. The third kappa shape index (κ3) is 2.94. The maximum atomic E-state index is 12.5. The highest BCUT2D eigenvalue weighted by molar-refractivity contribution is 6.01. The predicted octanol–water partition coefficient (Wildman–Crippen LogP) is 2.56. The number of nitrogens with one attached hydrogen (secondary N) is 1. The average molecular weight is 407 g/mol. The molecule has 0 radical (unpaired) electrons. The summed E-state index contributed by atoms with van der Waals surface area (Å²) in [5.41, 5.74) is 4.05. The Balaban J connectivity index is 1.28. The van der Waals surface area contributed by atoms with Gasteiger partial charge < -0.3 is 15.1 Å². The number of rotatable bonds is 4. The van der Waals surface area contributed by atoms with E-state index in [1.807, 2.05) is 10.9 Å². The Morgan fingerprint density at radius 1 is 1.23 bits per heavy atom. The van der Waals surface area contributed by atoms with Crippen molar-refractivity contribution in [1.82, 2.24) is 25.0 Å². The maximum absolute atomic E-state index is 12.5. The van der Waals surface area contributed by atoms with E-state index in [1.165, 1.54) is 38.8 Å². The molecule has 1 unspecified atom stereocenters. The fourth-order valence-corrected chi connectivity index (χ4v) is 5.73. The number of hydrogen-bond acceptors (Lipinski definition) is 5. The van der Waals surface area contributed by atoms with E-state index in [0.29, 0.717) is 23.4 Å². The second-order valence-electron chi connectivity index (χ2n) is 9.97. The quantitative estimate of drug-likeness (QED) is 0.845. The number of piperidine rings is 1.